The second kappa shape index (κ2) is 8.40. The number of benzene rings is 1. The fourth-order valence-corrected chi connectivity index (χ4v) is 3.94. The lowest BCUT2D eigenvalue weighted by molar-refractivity contribution is -0.174. The number of fused-ring (bicyclic) bond motifs is 1. The van der Waals surface area contributed by atoms with E-state index in [-0.39, 0.29) is 23.8 Å². The van der Waals surface area contributed by atoms with Crippen LogP contribution in [0.25, 0.3) is 0 Å². The van der Waals surface area contributed by atoms with Crippen LogP contribution in [0.4, 0.5) is 24.8 Å². The second-order valence-corrected chi connectivity index (χ2v) is 8.20. The Morgan fingerprint density at radius 3 is 2.71 bits per heavy atom. The van der Waals surface area contributed by atoms with Gasteiger partial charge in [0.25, 0.3) is 5.91 Å². The number of amides is 1. The molecule has 2 atom stereocenters. The van der Waals surface area contributed by atoms with E-state index in [0.29, 0.717) is 12.3 Å². The third kappa shape index (κ3) is 4.41. The van der Waals surface area contributed by atoms with Gasteiger partial charge in [0.15, 0.2) is 17.6 Å². The van der Waals surface area contributed by atoms with E-state index in [1.807, 2.05) is 31.2 Å². The molecule has 0 radical (unpaired) electrons. The lowest BCUT2D eigenvalue weighted by atomic mass is 10.0. The fraction of sp³-hybridized carbons (Fsp3) is 0.261. The van der Waals surface area contributed by atoms with E-state index in [1.54, 1.807) is 29.1 Å². The summed E-state index contributed by atoms with van der Waals surface area (Å²) in [7, 11) is 0. The molecule has 0 spiro atoms. The molecule has 8 nitrogen and oxygen atoms in total. The molecule has 4 aromatic rings. The zero-order valence-corrected chi connectivity index (χ0v) is 18.1. The van der Waals surface area contributed by atoms with Gasteiger partial charge in [-0.1, -0.05) is 29.8 Å². The number of aromatic nitrogens is 4. The molecule has 11 heteroatoms. The number of hydrogen-bond donors (Lipinski definition) is 2. The van der Waals surface area contributed by atoms with Gasteiger partial charge < -0.3 is 15.1 Å². The second-order valence-electron chi connectivity index (χ2n) is 8.20. The molecule has 2 N–H and O–H groups in total. The highest BCUT2D eigenvalue weighted by molar-refractivity contribution is 6.02. The summed E-state index contributed by atoms with van der Waals surface area (Å²) < 4.78 is 49.0. The van der Waals surface area contributed by atoms with Gasteiger partial charge in [-0.15, -0.1) is 0 Å². The van der Waals surface area contributed by atoms with Crippen LogP contribution in [0.3, 0.4) is 0 Å². The number of alkyl halides is 3. The van der Waals surface area contributed by atoms with Crippen LogP contribution in [0.1, 0.15) is 45.9 Å². The van der Waals surface area contributed by atoms with Gasteiger partial charge in [-0.05, 0) is 24.6 Å². The molecule has 1 aromatic carbocycles. The van der Waals surface area contributed by atoms with Gasteiger partial charge in [-0.3, -0.25) is 9.48 Å². The van der Waals surface area contributed by atoms with Crippen LogP contribution in [0, 0.1) is 6.92 Å². The molecule has 5 rings (SSSR count). The molecule has 176 valence electrons. The molecular weight excluding hydrogens is 449 g/mol. The number of anilines is 2. The van der Waals surface area contributed by atoms with E-state index in [0.717, 1.165) is 15.8 Å². The smallest absolute Gasteiger partial charge is 0.410 e. The van der Waals surface area contributed by atoms with Crippen LogP contribution < -0.4 is 10.6 Å². The van der Waals surface area contributed by atoms with Crippen molar-refractivity contribution in [2.45, 2.75) is 38.1 Å². The maximum Gasteiger partial charge on any atom is 0.410 e. The van der Waals surface area contributed by atoms with Gasteiger partial charge >= 0.3 is 6.18 Å². The molecule has 1 amide bonds. The molecule has 0 fully saturated rings. The van der Waals surface area contributed by atoms with Crippen molar-refractivity contribution in [3.63, 3.8) is 0 Å². The van der Waals surface area contributed by atoms with E-state index in [1.165, 1.54) is 12.3 Å². The van der Waals surface area contributed by atoms with Crippen molar-refractivity contribution >= 4 is 17.5 Å². The Bertz CT molecular complexity index is 1290. The predicted molar refractivity (Wildman–Crippen MR) is 117 cm³/mol. The first kappa shape index (κ1) is 21.8. The highest BCUT2D eigenvalue weighted by Gasteiger charge is 2.47. The SMILES string of the molecule is Cc1ccc(Cn2ccc(NC(=O)c3cc4n(n3)[C@H](C(F)(F)F)C[C@@H](c3ccco3)N4)n2)cc1. The van der Waals surface area contributed by atoms with Crippen LogP contribution in [0.2, 0.25) is 0 Å². The largest absolute Gasteiger partial charge is 0.467 e. The molecule has 0 saturated heterocycles. The Balaban J connectivity index is 1.33. The van der Waals surface area contributed by atoms with Gasteiger partial charge in [0.1, 0.15) is 11.6 Å². The van der Waals surface area contributed by atoms with Crippen molar-refractivity contribution in [3.05, 3.63) is 83.6 Å². The van der Waals surface area contributed by atoms with Crippen LogP contribution in [0.5, 0.6) is 0 Å². The highest BCUT2D eigenvalue weighted by atomic mass is 19.4. The Hall–Kier alpha value is -4.02. The first-order valence-corrected chi connectivity index (χ1v) is 10.6. The minimum atomic E-state index is -4.55. The van der Waals surface area contributed by atoms with Crippen molar-refractivity contribution < 1.29 is 22.4 Å². The number of furan rings is 1. The van der Waals surface area contributed by atoms with E-state index in [9.17, 15) is 18.0 Å². The molecule has 0 aliphatic carbocycles. The Morgan fingerprint density at radius 1 is 1.21 bits per heavy atom. The normalized spacial score (nSPS) is 17.8. The minimum absolute atomic E-state index is 0.0880. The van der Waals surface area contributed by atoms with Gasteiger partial charge in [-0.25, -0.2) is 4.68 Å². The molecule has 4 heterocycles. The van der Waals surface area contributed by atoms with Crippen LogP contribution in [0.15, 0.2) is 65.4 Å². The van der Waals surface area contributed by atoms with Crippen LogP contribution in [-0.4, -0.2) is 31.6 Å². The molecule has 3 aromatic heterocycles. The Labute approximate surface area is 192 Å². The van der Waals surface area contributed by atoms with Crippen LogP contribution >= 0.6 is 0 Å². The number of carbonyl (C=O) groups excluding carboxylic acids is 1. The standard InChI is InChI=1S/C23H21F3N6O2/c1-14-4-6-15(7-5-14)13-31-9-8-20(30-31)28-22(33)17-12-21-27-16(18-3-2-10-34-18)11-19(23(24,25)26)32(21)29-17/h2-10,12,16,19,27H,11,13H2,1H3,(H,28,30,33)/t16-,19-/m0/s1. The fourth-order valence-electron chi connectivity index (χ4n) is 3.94. The first-order chi connectivity index (χ1) is 16.3. The van der Waals surface area contributed by atoms with E-state index >= 15 is 0 Å². The molecule has 0 saturated carbocycles. The first-order valence-electron chi connectivity index (χ1n) is 10.6. The average molecular weight is 470 g/mol. The van der Waals surface area contributed by atoms with Crippen molar-refractivity contribution in [3.8, 4) is 0 Å². The monoisotopic (exact) mass is 470 g/mol. The molecule has 1 aliphatic heterocycles. The molecule has 34 heavy (non-hydrogen) atoms. The molecule has 0 unspecified atom stereocenters. The minimum Gasteiger partial charge on any atom is -0.467 e. The number of rotatable bonds is 5. The van der Waals surface area contributed by atoms with E-state index < -0.39 is 24.2 Å². The predicted octanol–water partition coefficient (Wildman–Crippen LogP) is 4.94. The van der Waals surface area contributed by atoms with Crippen molar-refractivity contribution in [1.82, 2.24) is 19.6 Å². The number of hydrogen-bond acceptors (Lipinski definition) is 5. The Morgan fingerprint density at radius 2 is 2.00 bits per heavy atom. The van der Waals surface area contributed by atoms with Crippen LogP contribution in [-0.2, 0) is 6.54 Å². The summed E-state index contributed by atoms with van der Waals surface area (Å²) in [6.07, 6.45) is -1.74. The van der Waals surface area contributed by atoms with E-state index in [4.69, 9.17) is 4.42 Å². The van der Waals surface area contributed by atoms with Crippen molar-refractivity contribution in [2.75, 3.05) is 10.6 Å². The lowest BCUT2D eigenvalue weighted by Gasteiger charge is -2.32. The Kier molecular flexibility index (Phi) is 5.39. The summed E-state index contributed by atoms with van der Waals surface area (Å²) in [6.45, 7) is 2.52. The van der Waals surface area contributed by atoms with Crippen molar-refractivity contribution in [1.29, 1.82) is 0 Å². The summed E-state index contributed by atoms with van der Waals surface area (Å²) in [5.74, 6) is 0.0912. The quantitative estimate of drug-likeness (QED) is 0.431. The summed E-state index contributed by atoms with van der Waals surface area (Å²) in [4.78, 5) is 12.7. The number of carbonyl (C=O) groups is 1. The van der Waals surface area contributed by atoms with Gasteiger partial charge in [0.2, 0.25) is 0 Å². The maximum atomic E-state index is 13.8. The third-order valence-corrected chi connectivity index (χ3v) is 5.66. The average Bonchev–Trinajstić information content (AvgIpc) is 3.54. The summed E-state index contributed by atoms with van der Waals surface area (Å²) in [5, 5.41) is 13.9. The van der Waals surface area contributed by atoms with Gasteiger partial charge in [0, 0.05) is 24.8 Å². The van der Waals surface area contributed by atoms with Gasteiger partial charge in [-0.2, -0.15) is 23.4 Å². The number of nitrogens with zero attached hydrogens (tertiary/aromatic N) is 4. The summed E-state index contributed by atoms with van der Waals surface area (Å²) in [5.41, 5.74) is 2.05. The molecule has 1 aliphatic rings. The molecular formula is C23H21F3N6O2. The highest BCUT2D eigenvalue weighted by Crippen LogP contribution is 2.43. The number of halogens is 3. The van der Waals surface area contributed by atoms with Crippen molar-refractivity contribution in [2.24, 2.45) is 0 Å². The molecule has 0 bridgehead atoms. The number of nitrogens with one attached hydrogen (secondary N) is 2. The van der Waals surface area contributed by atoms with Gasteiger partial charge in [0.05, 0.1) is 18.8 Å². The summed E-state index contributed by atoms with van der Waals surface area (Å²) in [6, 6.07) is 11.5. The summed E-state index contributed by atoms with van der Waals surface area (Å²) >= 11 is 0. The lowest BCUT2D eigenvalue weighted by Crippen LogP contribution is -2.35. The number of aryl methyl sites for hydroxylation is 1. The van der Waals surface area contributed by atoms with E-state index in [2.05, 4.69) is 20.8 Å². The topological polar surface area (TPSA) is 89.9 Å². The zero-order valence-electron chi connectivity index (χ0n) is 18.1. The maximum absolute atomic E-state index is 13.8. The zero-order chi connectivity index (χ0) is 23.9. The third-order valence-electron chi connectivity index (χ3n) is 5.66.